The van der Waals surface area contributed by atoms with E-state index >= 15 is 0 Å². The quantitative estimate of drug-likeness (QED) is 0.914. The van der Waals surface area contributed by atoms with Crippen molar-refractivity contribution in [1.29, 1.82) is 0 Å². The van der Waals surface area contributed by atoms with Gasteiger partial charge in [-0.1, -0.05) is 18.2 Å². The van der Waals surface area contributed by atoms with E-state index < -0.39 is 11.7 Å². The number of benzene rings is 1. The molecule has 6 heteroatoms. The average Bonchev–Trinajstić information content (AvgIpc) is 3.07. The van der Waals surface area contributed by atoms with Crippen molar-refractivity contribution < 1.29 is 14.0 Å². The second-order valence-corrected chi connectivity index (χ2v) is 5.82. The van der Waals surface area contributed by atoms with Gasteiger partial charge < -0.3 is 10.6 Å². The summed E-state index contributed by atoms with van der Waals surface area (Å²) >= 11 is 1.32. The summed E-state index contributed by atoms with van der Waals surface area (Å²) < 4.78 is 13.7. The van der Waals surface area contributed by atoms with Gasteiger partial charge in [0.1, 0.15) is 10.8 Å². The number of fused-ring (bicyclic) bond motifs is 1. The lowest BCUT2D eigenvalue weighted by molar-refractivity contribution is 0.0963. The number of amides is 2. The second kappa shape index (κ2) is 5.73. The molecule has 112 valence electrons. The minimum absolute atomic E-state index is 0.0468. The predicted molar refractivity (Wildman–Crippen MR) is 84.8 cm³/mol. The fraction of sp³-hybridized carbons (Fsp3) is 0.125. The second-order valence-electron chi connectivity index (χ2n) is 4.77. The zero-order chi connectivity index (χ0) is 15.7. The summed E-state index contributed by atoms with van der Waals surface area (Å²) in [6.07, 6.45) is 4.55. The van der Waals surface area contributed by atoms with Crippen molar-refractivity contribution in [3.05, 3.63) is 57.7 Å². The zero-order valence-corrected chi connectivity index (χ0v) is 12.6. The Morgan fingerprint density at radius 1 is 1.23 bits per heavy atom. The van der Waals surface area contributed by atoms with Crippen molar-refractivity contribution in [3.63, 3.8) is 0 Å². The first kappa shape index (κ1) is 14.5. The van der Waals surface area contributed by atoms with Gasteiger partial charge in [-0.25, -0.2) is 4.39 Å². The number of halogens is 1. The van der Waals surface area contributed by atoms with Gasteiger partial charge in [-0.2, -0.15) is 0 Å². The molecule has 0 bridgehead atoms. The molecule has 0 spiro atoms. The molecule has 0 aliphatic heterocycles. The Kier molecular flexibility index (Phi) is 3.77. The van der Waals surface area contributed by atoms with Crippen LogP contribution in [0.15, 0.2) is 30.3 Å². The van der Waals surface area contributed by atoms with E-state index in [2.05, 4.69) is 10.6 Å². The molecule has 0 saturated heterocycles. The van der Waals surface area contributed by atoms with Crippen LogP contribution in [0.1, 0.15) is 31.2 Å². The molecule has 4 nitrogen and oxygen atoms in total. The number of nitrogens with one attached hydrogen (secondary N) is 2. The third-order valence-electron chi connectivity index (χ3n) is 3.43. The van der Waals surface area contributed by atoms with E-state index in [1.807, 2.05) is 12.2 Å². The van der Waals surface area contributed by atoms with Gasteiger partial charge in [0, 0.05) is 11.9 Å². The molecule has 2 N–H and O–H groups in total. The van der Waals surface area contributed by atoms with Crippen molar-refractivity contribution in [2.24, 2.45) is 0 Å². The standard InChI is InChI=1S/C16H13FN2O2S/c1-18-15(21)13-10-6-4-8-12(10)22-16(13)19-14(20)9-5-2-3-7-11(9)17/h2-5,7-8H,6H2,1H3,(H,18,21)(H,19,20). The molecule has 0 atom stereocenters. The van der Waals surface area contributed by atoms with Crippen molar-refractivity contribution in [2.45, 2.75) is 6.42 Å². The molecule has 1 aliphatic carbocycles. The topological polar surface area (TPSA) is 58.2 Å². The van der Waals surface area contributed by atoms with E-state index in [1.165, 1.54) is 36.6 Å². The summed E-state index contributed by atoms with van der Waals surface area (Å²) in [6, 6.07) is 5.75. The van der Waals surface area contributed by atoms with Gasteiger partial charge in [-0.05, 0) is 30.2 Å². The van der Waals surface area contributed by atoms with Gasteiger partial charge in [0.05, 0.1) is 11.1 Å². The molecule has 0 fully saturated rings. The highest BCUT2D eigenvalue weighted by Gasteiger charge is 2.25. The molecule has 0 radical (unpaired) electrons. The van der Waals surface area contributed by atoms with E-state index in [0.29, 0.717) is 17.0 Å². The Bertz CT molecular complexity index is 795. The van der Waals surface area contributed by atoms with Crippen LogP contribution in [0.3, 0.4) is 0 Å². The third-order valence-corrected chi connectivity index (χ3v) is 4.54. The van der Waals surface area contributed by atoms with Crippen LogP contribution in [0.4, 0.5) is 9.39 Å². The van der Waals surface area contributed by atoms with Gasteiger partial charge in [0.25, 0.3) is 11.8 Å². The molecular formula is C16H13FN2O2S. The van der Waals surface area contributed by atoms with Gasteiger partial charge >= 0.3 is 0 Å². The van der Waals surface area contributed by atoms with Gasteiger partial charge in [-0.15, -0.1) is 11.3 Å². The summed E-state index contributed by atoms with van der Waals surface area (Å²) in [5.41, 5.74) is 1.31. The smallest absolute Gasteiger partial charge is 0.259 e. The number of thiophene rings is 1. The third kappa shape index (κ3) is 2.42. The lowest BCUT2D eigenvalue weighted by atomic mass is 10.1. The molecule has 1 aromatic carbocycles. The summed E-state index contributed by atoms with van der Waals surface area (Å²) in [5, 5.41) is 5.68. The lowest BCUT2D eigenvalue weighted by Crippen LogP contribution is -2.21. The molecule has 1 aromatic heterocycles. The molecule has 3 rings (SSSR count). The van der Waals surface area contributed by atoms with E-state index in [0.717, 1.165) is 10.4 Å². The number of anilines is 1. The van der Waals surface area contributed by atoms with Crippen LogP contribution in [0.5, 0.6) is 0 Å². The van der Waals surface area contributed by atoms with Crippen LogP contribution in [0, 0.1) is 5.82 Å². The summed E-state index contributed by atoms with van der Waals surface area (Å²) in [7, 11) is 1.54. The van der Waals surface area contributed by atoms with E-state index in [-0.39, 0.29) is 11.5 Å². The van der Waals surface area contributed by atoms with Crippen molar-refractivity contribution in [2.75, 3.05) is 12.4 Å². The molecule has 2 amide bonds. The molecule has 2 aromatic rings. The first-order valence-electron chi connectivity index (χ1n) is 6.72. The van der Waals surface area contributed by atoms with E-state index in [9.17, 15) is 14.0 Å². The van der Waals surface area contributed by atoms with Crippen molar-refractivity contribution >= 4 is 34.2 Å². The summed E-state index contributed by atoms with van der Waals surface area (Å²) in [6.45, 7) is 0. The average molecular weight is 316 g/mol. The predicted octanol–water partition coefficient (Wildman–Crippen LogP) is 3.07. The number of carbonyl (C=O) groups excluding carboxylic acids is 2. The van der Waals surface area contributed by atoms with Crippen molar-refractivity contribution in [3.8, 4) is 0 Å². The maximum Gasteiger partial charge on any atom is 0.259 e. The Labute approximate surface area is 130 Å². The molecule has 0 unspecified atom stereocenters. The fourth-order valence-corrected chi connectivity index (χ4v) is 3.53. The summed E-state index contributed by atoms with van der Waals surface area (Å²) in [5.74, 6) is -1.41. The van der Waals surface area contributed by atoms with Crippen molar-refractivity contribution in [1.82, 2.24) is 5.32 Å². The normalized spacial score (nSPS) is 12.1. The van der Waals surface area contributed by atoms with E-state index in [4.69, 9.17) is 0 Å². The number of allylic oxidation sites excluding steroid dienone is 1. The first-order valence-corrected chi connectivity index (χ1v) is 7.53. The van der Waals surface area contributed by atoms with Gasteiger partial charge in [0.15, 0.2) is 0 Å². The van der Waals surface area contributed by atoms with Crippen LogP contribution < -0.4 is 10.6 Å². The van der Waals surface area contributed by atoms with Crippen LogP contribution in [0.25, 0.3) is 6.08 Å². The zero-order valence-electron chi connectivity index (χ0n) is 11.8. The Morgan fingerprint density at radius 3 is 2.73 bits per heavy atom. The monoisotopic (exact) mass is 316 g/mol. The summed E-state index contributed by atoms with van der Waals surface area (Å²) in [4.78, 5) is 25.3. The SMILES string of the molecule is CNC(=O)c1c(NC(=O)c2ccccc2F)sc2c1CC=C2. The Hall–Kier alpha value is -2.47. The number of carbonyl (C=O) groups is 2. The minimum atomic E-state index is -0.592. The highest BCUT2D eigenvalue weighted by Crippen LogP contribution is 2.38. The van der Waals surface area contributed by atoms with Crippen LogP contribution in [-0.4, -0.2) is 18.9 Å². The van der Waals surface area contributed by atoms with E-state index in [1.54, 1.807) is 6.07 Å². The van der Waals surface area contributed by atoms with Crippen LogP contribution >= 0.6 is 11.3 Å². The van der Waals surface area contributed by atoms with Crippen LogP contribution in [-0.2, 0) is 6.42 Å². The van der Waals surface area contributed by atoms with Gasteiger partial charge in [0.2, 0.25) is 0 Å². The number of rotatable bonds is 3. The maximum absolute atomic E-state index is 13.7. The number of hydrogen-bond donors (Lipinski definition) is 2. The molecule has 22 heavy (non-hydrogen) atoms. The largest absolute Gasteiger partial charge is 0.355 e. The first-order chi connectivity index (χ1) is 10.6. The minimum Gasteiger partial charge on any atom is -0.355 e. The number of hydrogen-bond acceptors (Lipinski definition) is 3. The van der Waals surface area contributed by atoms with Crippen LogP contribution in [0.2, 0.25) is 0 Å². The molecule has 0 saturated carbocycles. The highest BCUT2D eigenvalue weighted by atomic mass is 32.1. The molecule has 1 aliphatic rings. The van der Waals surface area contributed by atoms with Gasteiger partial charge in [-0.3, -0.25) is 9.59 Å². The fourth-order valence-electron chi connectivity index (χ4n) is 2.37. The maximum atomic E-state index is 13.7. The Morgan fingerprint density at radius 2 is 2.00 bits per heavy atom. The molecular weight excluding hydrogens is 303 g/mol. The molecule has 1 heterocycles. The Balaban J connectivity index is 1.96. The lowest BCUT2D eigenvalue weighted by Gasteiger charge is -2.07. The highest BCUT2D eigenvalue weighted by molar-refractivity contribution is 7.17.